The maximum Gasteiger partial charge on any atom is 0.272 e. The quantitative estimate of drug-likeness (QED) is 0.0846. The van der Waals surface area contributed by atoms with Gasteiger partial charge in [0.2, 0.25) is 5.91 Å². The number of para-hydroxylation sites is 1. The van der Waals surface area contributed by atoms with Crippen molar-refractivity contribution in [2.24, 2.45) is 0 Å². The van der Waals surface area contributed by atoms with Gasteiger partial charge in [0.05, 0.1) is 12.8 Å². The van der Waals surface area contributed by atoms with E-state index < -0.39 is 17.1 Å². The molecule has 5 aromatic carbocycles. The summed E-state index contributed by atoms with van der Waals surface area (Å²) in [6.45, 7) is 0. The molecule has 0 saturated carbocycles. The number of aromatic nitrogens is 1. The first kappa shape index (κ1) is 36.4. The van der Waals surface area contributed by atoms with E-state index in [0.29, 0.717) is 43.4 Å². The van der Waals surface area contributed by atoms with Gasteiger partial charge >= 0.3 is 0 Å². The lowest BCUT2D eigenvalue weighted by Crippen LogP contribution is -2.30. The molecular weight excluding hydrogens is 736 g/mol. The second-order valence-corrected chi connectivity index (χ2v) is 14.0. The highest BCUT2D eigenvalue weighted by Crippen LogP contribution is 2.38. The average Bonchev–Trinajstić information content (AvgIpc) is 3.63. The van der Waals surface area contributed by atoms with Gasteiger partial charge in [0.25, 0.3) is 11.8 Å². The lowest BCUT2D eigenvalue weighted by molar-refractivity contribution is -0.116. The summed E-state index contributed by atoms with van der Waals surface area (Å²) in [6, 6.07) is 37.5. The van der Waals surface area contributed by atoms with Crippen molar-refractivity contribution in [1.29, 1.82) is 0 Å². The minimum absolute atomic E-state index is 0.0337. The number of carbonyl (C=O) groups is 3. The summed E-state index contributed by atoms with van der Waals surface area (Å²) >= 11 is 15.1. The van der Waals surface area contributed by atoms with Gasteiger partial charge in [-0.05, 0) is 71.8 Å². The minimum Gasteiger partial charge on any atom is -0.496 e. The number of anilines is 2. The third kappa shape index (κ3) is 9.28. The summed E-state index contributed by atoms with van der Waals surface area (Å²) < 4.78 is 5.49. The molecule has 8 nitrogen and oxygen atoms in total. The maximum atomic E-state index is 13.9. The predicted molar refractivity (Wildman–Crippen MR) is 211 cm³/mol. The molecule has 0 aliphatic rings. The molecule has 12 heteroatoms. The molecule has 52 heavy (non-hydrogen) atoms. The molecule has 0 aliphatic heterocycles. The molecule has 1 atom stereocenters. The largest absolute Gasteiger partial charge is 0.496 e. The van der Waals surface area contributed by atoms with E-state index in [1.54, 1.807) is 73.8 Å². The number of nitrogens with one attached hydrogen (secondary N) is 3. The number of thiazole rings is 1. The topological polar surface area (TPSA) is 109 Å². The SMILES string of the molecule is COc1ccccc1-c1csc(NC(=O)C(Sc2cccc(NC(=O)/C(=C\c3ccc(Cl)cc3Cl)NC(=O)c3ccccc3)c2)c2ccccc2)n1. The minimum atomic E-state index is -0.654. The molecular formula is C40H30Cl2N4O4S2. The summed E-state index contributed by atoms with van der Waals surface area (Å²) in [5.74, 6) is -0.627. The Hall–Kier alpha value is -5.39. The molecule has 1 heterocycles. The van der Waals surface area contributed by atoms with Crippen molar-refractivity contribution >= 4 is 80.9 Å². The van der Waals surface area contributed by atoms with Gasteiger partial charge in [-0.1, -0.05) is 96.0 Å². The fraction of sp³-hybridized carbons (Fsp3) is 0.0500. The third-order valence-corrected chi connectivity index (χ3v) is 10.2. The number of hydrogen-bond acceptors (Lipinski definition) is 7. The molecule has 0 bridgehead atoms. The Morgan fingerprint density at radius 1 is 0.827 bits per heavy atom. The number of amides is 3. The monoisotopic (exact) mass is 764 g/mol. The normalized spacial score (nSPS) is 11.7. The Kier molecular flexibility index (Phi) is 12.1. The average molecular weight is 766 g/mol. The summed E-state index contributed by atoms with van der Waals surface area (Å²) in [5, 5.41) is 11.0. The van der Waals surface area contributed by atoms with E-state index in [2.05, 4.69) is 20.9 Å². The number of thioether (sulfide) groups is 1. The van der Waals surface area contributed by atoms with Crippen molar-refractivity contribution < 1.29 is 19.1 Å². The van der Waals surface area contributed by atoms with Crippen LogP contribution in [0.15, 0.2) is 143 Å². The van der Waals surface area contributed by atoms with Crippen molar-refractivity contribution in [2.45, 2.75) is 10.1 Å². The van der Waals surface area contributed by atoms with Gasteiger partial charge < -0.3 is 20.7 Å². The zero-order chi connectivity index (χ0) is 36.5. The fourth-order valence-electron chi connectivity index (χ4n) is 5.08. The number of benzene rings is 5. The highest BCUT2D eigenvalue weighted by Gasteiger charge is 2.24. The standard InChI is InChI=1S/C40H30Cl2N4O4S2/c1-50-35-18-9-8-17-31(35)34-24-51-40(45-34)46-39(49)36(25-11-4-2-5-12-25)52-30-16-10-15-29(23-30)43-38(48)33(21-27-19-20-28(41)22-32(27)42)44-37(47)26-13-6-3-7-14-26/h2-24,36H,1H3,(H,43,48)(H,44,47)(H,45,46,49)/b33-21+. The first-order valence-corrected chi connectivity index (χ1v) is 18.3. The van der Waals surface area contributed by atoms with Gasteiger partial charge in [0.1, 0.15) is 16.7 Å². The van der Waals surface area contributed by atoms with Crippen LogP contribution in [0.2, 0.25) is 10.0 Å². The number of nitrogens with zero attached hydrogens (tertiary/aromatic N) is 1. The van der Waals surface area contributed by atoms with Crippen LogP contribution in [0.3, 0.4) is 0 Å². The maximum absolute atomic E-state index is 13.9. The second-order valence-electron chi connectivity index (χ2n) is 11.2. The Morgan fingerprint density at radius 3 is 2.31 bits per heavy atom. The summed E-state index contributed by atoms with van der Waals surface area (Å²) in [6.07, 6.45) is 1.49. The van der Waals surface area contributed by atoms with Crippen LogP contribution < -0.4 is 20.7 Å². The van der Waals surface area contributed by atoms with Crippen molar-refractivity contribution in [3.8, 4) is 17.0 Å². The van der Waals surface area contributed by atoms with Crippen LogP contribution in [0.25, 0.3) is 17.3 Å². The Morgan fingerprint density at radius 2 is 1.56 bits per heavy atom. The highest BCUT2D eigenvalue weighted by atomic mass is 35.5. The number of halogens is 2. The third-order valence-electron chi connectivity index (χ3n) is 7.59. The number of ether oxygens (including phenoxy) is 1. The van der Waals surface area contributed by atoms with Gasteiger partial charge in [-0.2, -0.15) is 0 Å². The van der Waals surface area contributed by atoms with Gasteiger partial charge in [-0.25, -0.2) is 4.98 Å². The van der Waals surface area contributed by atoms with Crippen LogP contribution in [0.4, 0.5) is 10.8 Å². The van der Waals surface area contributed by atoms with E-state index in [-0.39, 0.29) is 11.6 Å². The Bertz CT molecular complexity index is 2250. The zero-order valence-corrected chi connectivity index (χ0v) is 30.7. The highest BCUT2D eigenvalue weighted by molar-refractivity contribution is 8.00. The molecule has 260 valence electrons. The van der Waals surface area contributed by atoms with Crippen molar-refractivity contribution in [3.63, 3.8) is 0 Å². The van der Waals surface area contributed by atoms with E-state index in [4.69, 9.17) is 27.9 Å². The van der Waals surface area contributed by atoms with Crippen molar-refractivity contribution in [1.82, 2.24) is 10.3 Å². The molecule has 1 aromatic heterocycles. The Labute approximate surface area is 318 Å². The summed E-state index contributed by atoms with van der Waals surface area (Å²) in [5.41, 5.74) is 3.58. The number of rotatable bonds is 12. The number of methoxy groups -OCH3 is 1. The van der Waals surface area contributed by atoms with Crippen molar-refractivity contribution in [2.75, 3.05) is 17.7 Å². The summed E-state index contributed by atoms with van der Waals surface area (Å²) in [7, 11) is 1.60. The van der Waals surface area contributed by atoms with Crippen LogP contribution in [0, 0.1) is 0 Å². The van der Waals surface area contributed by atoms with E-state index in [9.17, 15) is 14.4 Å². The molecule has 3 N–H and O–H groups in total. The lowest BCUT2D eigenvalue weighted by atomic mass is 10.1. The van der Waals surface area contributed by atoms with Crippen LogP contribution >= 0.6 is 46.3 Å². The number of carbonyl (C=O) groups excluding carboxylic acids is 3. The van der Waals surface area contributed by atoms with Gasteiger partial charge in [0, 0.05) is 37.1 Å². The molecule has 3 amide bonds. The predicted octanol–water partition coefficient (Wildman–Crippen LogP) is 10.0. The summed E-state index contributed by atoms with van der Waals surface area (Å²) in [4.78, 5) is 46.1. The first-order chi connectivity index (χ1) is 25.3. The van der Waals surface area contributed by atoms with E-state index >= 15 is 0 Å². The van der Waals surface area contributed by atoms with Crippen LogP contribution in [0.1, 0.15) is 26.7 Å². The van der Waals surface area contributed by atoms with Crippen molar-refractivity contribution in [3.05, 3.63) is 165 Å². The molecule has 0 radical (unpaired) electrons. The molecule has 6 rings (SSSR count). The molecule has 0 saturated heterocycles. The second kappa shape index (κ2) is 17.2. The van der Waals surface area contributed by atoms with Crippen LogP contribution in [-0.4, -0.2) is 29.8 Å². The van der Waals surface area contributed by atoms with Gasteiger partial charge in [-0.15, -0.1) is 23.1 Å². The lowest BCUT2D eigenvalue weighted by Gasteiger charge is -2.17. The fourth-order valence-corrected chi connectivity index (χ4v) is 7.34. The van der Waals surface area contributed by atoms with Gasteiger partial charge in [-0.3, -0.25) is 14.4 Å². The molecule has 0 fully saturated rings. The first-order valence-electron chi connectivity index (χ1n) is 15.8. The van der Waals surface area contributed by atoms with Crippen LogP contribution in [-0.2, 0) is 9.59 Å². The molecule has 0 aliphatic carbocycles. The smallest absolute Gasteiger partial charge is 0.272 e. The molecule has 1 unspecified atom stereocenters. The van der Waals surface area contributed by atoms with Crippen LogP contribution in [0.5, 0.6) is 5.75 Å². The number of hydrogen-bond donors (Lipinski definition) is 3. The zero-order valence-electron chi connectivity index (χ0n) is 27.5. The molecule has 0 spiro atoms. The van der Waals surface area contributed by atoms with E-state index in [1.165, 1.54) is 29.2 Å². The molecule has 6 aromatic rings. The van der Waals surface area contributed by atoms with E-state index in [1.807, 2.05) is 66.0 Å². The Balaban J connectivity index is 1.22. The van der Waals surface area contributed by atoms with E-state index in [0.717, 1.165) is 16.0 Å². The van der Waals surface area contributed by atoms with Gasteiger partial charge in [0.15, 0.2) is 5.13 Å².